The molecule has 1 saturated carbocycles. The highest BCUT2D eigenvalue weighted by atomic mass is 35.5. The lowest BCUT2D eigenvalue weighted by Gasteiger charge is -2.39. The Labute approximate surface area is 128 Å². The van der Waals surface area contributed by atoms with Crippen LogP contribution in [0.3, 0.4) is 0 Å². The Hall–Kier alpha value is -0.570. The highest BCUT2D eigenvalue weighted by Crippen LogP contribution is 2.28. The molecule has 0 aliphatic heterocycles. The van der Waals surface area contributed by atoms with Crippen molar-refractivity contribution in [3.8, 4) is 0 Å². The number of halogens is 1. The Morgan fingerprint density at radius 3 is 2.40 bits per heavy atom. The molecule has 1 atom stereocenters. The van der Waals surface area contributed by atoms with Crippen LogP contribution in [0.1, 0.15) is 38.2 Å². The van der Waals surface area contributed by atoms with Gasteiger partial charge in [0.25, 0.3) is 0 Å². The molecule has 20 heavy (non-hydrogen) atoms. The van der Waals surface area contributed by atoms with E-state index in [9.17, 15) is 0 Å². The lowest BCUT2D eigenvalue weighted by atomic mass is 9.90. The molecule has 1 aliphatic carbocycles. The van der Waals surface area contributed by atoms with E-state index in [0.29, 0.717) is 6.54 Å². The zero-order chi connectivity index (χ0) is 14.6. The van der Waals surface area contributed by atoms with Gasteiger partial charge in [0, 0.05) is 23.7 Å². The van der Waals surface area contributed by atoms with Crippen molar-refractivity contribution < 1.29 is 0 Å². The van der Waals surface area contributed by atoms with Crippen molar-refractivity contribution >= 4 is 11.6 Å². The van der Waals surface area contributed by atoms with Crippen LogP contribution in [0.4, 0.5) is 0 Å². The summed E-state index contributed by atoms with van der Waals surface area (Å²) in [5.41, 5.74) is 7.42. The predicted octanol–water partition coefficient (Wildman–Crippen LogP) is 3.72. The smallest absolute Gasteiger partial charge is 0.0406 e. The minimum atomic E-state index is 0.0242. The van der Waals surface area contributed by atoms with Crippen molar-refractivity contribution in [1.29, 1.82) is 0 Å². The lowest BCUT2D eigenvalue weighted by molar-refractivity contribution is 0.122. The first kappa shape index (κ1) is 15.8. The van der Waals surface area contributed by atoms with E-state index in [4.69, 9.17) is 17.3 Å². The number of nitrogens with zero attached hydrogens (tertiary/aromatic N) is 1. The summed E-state index contributed by atoms with van der Waals surface area (Å²) in [6.07, 6.45) is 6.53. The summed E-state index contributed by atoms with van der Waals surface area (Å²) >= 11 is 5.96. The minimum Gasteiger partial charge on any atom is -0.329 e. The summed E-state index contributed by atoms with van der Waals surface area (Å²) in [6.45, 7) is 4.12. The van der Waals surface area contributed by atoms with Gasteiger partial charge in [-0.2, -0.15) is 0 Å². The van der Waals surface area contributed by atoms with Gasteiger partial charge in [-0.1, -0.05) is 36.6 Å². The van der Waals surface area contributed by atoms with Crippen molar-refractivity contribution in [3.63, 3.8) is 0 Å². The van der Waals surface area contributed by atoms with Gasteiger partial charge in [-0.25, -0.2) is 0 Å². The maximum absolute atomic E-state index is 6.09. The van der Waals surface area contributed by atoms with Crippen molar-refractivity contribution in [2.75, 3.05) is 20.1 Å². The predicted molar refractivity (Wildman–Crippen MR) is 87.2 cm³/mol. The van der Waals surface area contributed by atoms with Crippen LogP contribution in [0.25, 0.3) is 0 Å². The first-order chi connectivity index (χ1) is 9.53. The first-order valence-corrected chi connectivity index (χ1v) is 8.07. The van der Waals surface area contributed by atoms with Gasteiger partial charge in [0.15, 0.2) is 0 Å². The molecule has 0 radical (unpaired) electrons. The van der Waals surface area contributed by atoms with E-state index in [0.717, 1.165) is 17.4 Å². The van der Waals surface area contributed by atoms with Crippen LogP contribution in [0.2, 0.25) is 5.02 Å². The van der Waals surface area contributed by atoms with Crippen LogP contribution in [-0.4, -0.2) is 30.6 Å². The average Bonchev–Trinajstić information content (AvgIpc) is 2.94. The van der Waals surface area contributed by atoms with E-state index >= 15 is 0 Å². The molecule has 0 amide bonds. The number of nitrogens with two attached hydrogens (primary N) is 1. The Balaban J connectivity index is 2.00. The lowest BCUT2D eigenvalue weighted by Crippen LogP contribution is -2.52. The van der Waals surface area contributed by atoms with Crippen LogP contribution < -0.4 is 5.73 Å². The van der Waals surface area contributed by atoms with Gasteiger partial charge in [-0.05, 0) is 56.8 Å². The molecule has 0 spiro atoms. The molecule has 1 aromatic rings. The standard InChI is InChI=1S/C17H27ClN2/c1-17(13-19,11-14-7-9-16(18)10-8-14)20(2)12-15-5-3-4-6-15/h7-10,15H,3-6,11-13,19H2,1-2H3. The zero-order valence-electron chi connectivity index (χ0n) is 12.7. The SMILES string of the molecule is CN(CC1CCCC1)C(C)(CN)Cc1ccc(Cl)cc1. The molecule has 0 aromatic heterocycles. The Kier molecular flexibility index (Phi) is 5.48. The van der Waals surface area contributed by atoms with Crippen LogP contribution in [-0.2, 0) is 6.42 Å². The molecule has 1 aliphatic rings. The number of rotatable bonds is 6. The molecule has 1 fully saturated rings. The molecule has 0 bridgehead atoms. The molecule has 3 heteroatoms. The molecule has 1 unspecified atom stereocenters. The van der Waals surface area contributed by atoms with E-state index in [-0.39, 0.29) is 5.54 Å². The second-order valence-electron chi connectivity index (χ2n) is 6.54. The number of hydrogen-bond acceptors (Lipinski definition) is 2. The largest absolute Gasteiger partial charge is 0.329 e. The van der Waals surface area contributed by atoms with Gasteiger partial charge in [0.1, 0.15) is 0 Å². The maximum atomic E-state index is 6.09. The Morgan fingerprint density at radius 2 is 1.85 bits per heavy atom. The van der Waals surface area contributed by atoms with Gasteiger partial charge >= 0.3 is 0 Å². The fourth-order valence-electron chi connectivity index (χ4n) is 3.21. The molecule has 0 heterocycles. The number of likely N-dealkylation sites (N-methyl/N-ethyl adjacent to an activating group) is 1. The van der Waals surface area contributed by atoms with E-state index in [1.54, 1.807) is 0 Å². The molecule has 112 valence electrons. The second-order valence-corrected chi connectivity index (χ2v) is 6.97. The normalized spacial score (nSPS) is 19.4. The van der Waals surface area contributed by atoms with Crippen molar-refractivity contribution in [3.05, 3.63) is 34.9 Å². The molecule has 2 rings (SSSR count). The van der Waals surface area contributed by atoms with Crippen molar-refractivity contribution in [2.24, 2.45) is 11.7 Å². The molecular formula is C17H27ClN2. The van der Waals surface area contributed by atoms with Crippen molar-refractivity contribution in [1.82, 2.24) is 4.90 Å². The van der Waals surface area contributed by atoms with Crippen LogP contribution in [0.15, 0.2) is 24.3 Å². The summed E-state index contributed by atoms with van der Waals surface area (Å²) in [5.74, 6) is 0.857. The van der Waals surface area contributed by atoms with E-state index in [1.165, 1.54) is 37.8 Å². The summed E-state index contributed by atoms with van der Waals surface area (Å²) in [5, 5.41) is 0.794. The monoisotopic (exact) mass is 294 g/mol. The second kappa shape index (κ2) is 6.93. The van der Waals surface area contributed by atoms with Crippen LogP contribution in [0, 0.1) is 5.92 Å². The topological polar surface area (TPSA) is 29.3 Å². The summed E-state index contributed by atoms with van der Waals surface area (Å²) in [6, 6.07) is 8.15. The fraction of sp³-hybridized carbons (Fsp3) is 0.647. The molecule has 2 nitrogen and oxygen atoms in total. The average molecular weight is 295 g/mol. The van der Waals surface area contributed by atoms with Crippen molar-refractivity contribution in [2.45, 2.75) is 44.6 Å². The molecular weight excluding hydrogens is 268 g/mol. The summed E-state index contributed by atoms with van der Waals surface area (Å²) in [7, 11) is 2.22. The Bertz CT molecular complexity index is 412. The molecule has 1 aromatic carbocycles. The quantitative estimate of drug-likeness (QED) is 0.866. The number of hydrogen-bond donors (Lipinski definition) is 1. The summed E-state index contributed by atoms with van der Waals surface area (Å²) < 4.78 is 0. The Morgan fingerprint density at radius 1 is 1.25 bits per heavy atom. The highest BCUT2D eigenvalue weighted by molar-refractivity contribution is 6.30. The zero-order valence-corrected chi connectivity index (χ0v) is 13.5. The van der Waals surface area contributed by atoms with Gasteiger partial charge in [-0.3, -0.25) is 4.90 Å². The maximum Gasteiger partial charge on any atom is 0.0406 e. The van der Waals surface area contributed by atoms with E-state index in [1.807, 2.05) is 12.1 Å². The third kappa shape index (κ3) is 3.97. The number of benzene rings is 1. The van der Waals surface area contributed by atoms with E-state index < -0.39 is 0 Å². The third-order valence-electron chi connectivity index (χ3n) is 4.87. The van der Waals surface area contributed by atoms with Crippen LogP contribution >= 0.6 is 11.6 Å². The van der Waals surface area contributed by atoms with Gasteiger partial charge < -0.3 is 5.73 Å². The van der Waals surface area contributed by atoms with E-state index in [2.05, 4.69) is 31.0 Å². The summed E-state index contributed by atoms with van der Waals surface area (Å²) in [4.78, 5) is 2.47. The van der Waals surface area contributed by atoms with Gasteiger partial charge in [-0.15, -0.1) is 0 Å². The highest BCUT2D eigenvalue weighted by Gasteiger charge is 2.30. The first-order valence-electron chi connectivity index (χ1n) is 7.69. The molecule has 0 saturated heterocycles. The van der Waals surface area contributed by atoms with Crippen LogP contribution in [0.5, 0.6) is 0 Å². The fourth-order valence-corrected chi connectivity index (χ4v) is 3.33. The van der Waals surface area contributed by atoms with Gasteiger partial charge in [0.2, 0.25) is 0 Å². The third-order valence-corrected chi connectivity index (χ3v) is 5.12. The van der Waals surface area contributed by atoms with Gasteiger partial charge in [0.05, 0.1) is 0 Å². The minimum absolute atomic E-state index is 0.0242. The molecule has 2 N–H and O–H groups in total.